The number of likely N-dealkylation sites (tertiary alicyclic amines) is 1. The Bertz CT molecular complexity index is 1340. The molecule has 3 fully saturated rings. The highest BCUT2D eigenvalue weighted by Gasteiger charge is 2.72. The molecule has 6 nitrogen and oxygen atoms in total. The fraction of sp³-hybridized carbons (Fsp3) is 0.444. The summed E-state index contributed by atoms with van der Waals surface area (Å²) in [6.45, 7) is 8.40. The summed E-state index contributed by atoms with van der Waals surface area (Å²) in [4.78, 5) is 32.9. The van der Waals surface area contributed by atoms with Crippen molar-refractivity contribution in [3.8, 4) is 11.3 Å². The van der Waals surface area contributed by atoms with E-state index in [2.05, 4.69) is 35.8 Å². The average molecular weight is 509 g/mol. The maximum Gasteiger partial charge on any atom is 0.234 e. The van der Waals surface area contributed by atoms with E-state index in [0.29, 0.717) is 17.7 Å². The molecular weight excluding hydrogens is 480 g/mol. The molecule has 3 aliphatic rings. The standard InChI is InChI=1S/C27H29ClN4O2S/c1-14-10-19(28)31-23(22(14)30-16-7-5-9-29-12-16)18-8-4-6-15-11-17(35-24(15)18)13-32-25(33)20-21(26(32)34)27(20,2)3/h4,6,8,10-11,16,20-21,29-30H,5,7,9,12-13H2,1-3H3. The van der Waals surface area contributed by atoms with Crippen LogP contribution in [0.3, 0.4) is 0 Å². The molecule has 2 saturated heterocycles. The van der Waals surface area contributed by atoms with E-state index in [1.165, 1.54) is 4.90 Å². The third kappa shape index (κ3) is 3.76. The maximum absolute atomic E-state index is 12.9. The van der Waals surface area contributed by atoms with Crippen molar-refractivity contribution in [2.75, 3.05) is 18.4 Å². The number of carbonyl (C=O) groups is 2. The smallest absolute Gasteiger partial charge is 0.234 e. The second kappa shape index (κ2) is 8.29. The van der Waals surface area contributed by atoms with Gasteiger partial charge in [0.1, 0.15) is 5.15 Å². The van der Waals surface area contributed by atoms with Gasteiger partial charge in [-0.1, -0.05) is 43.6 Å². The van der Waals surface area contributed by atoms with E-state index < -0.39 is 0 Å². The first-order valence-corrected chi connectivity index (χ1v) is 13.5. The van der Waals surface area contributed by atoms with Gasteiger partial charge in [0.15, 0.2) is 0 Å². The number of nitrogens with zero attached hydrogens (tertiary/aromatic N) is 2. The van der Waals surface area contributed by atoms with Crippen molar-refractivity contribution in [1.82, 2.24) is 15.2 Å². The summed E-state index contributed by atoms with van der Waals surface area (Å²) in [7, 11) is 0. The number of nitrogens with one attached hydrogen (secondary N) is 2. The summed E-state index contributed by atoms with van der Waals surface area (Å²) in [5, 5.41) is 8.74. The second-order valence-corrected chi connectivity index (χ2v) is 12.2. The highest BCUT2D eigenvalue weighted by atomic mass is 35.5. The molecule has 1 aliphatic carbocycles. The van der Waals surface area contributed by atoms with Crippen LogP contribution in [-0.4, -0.2) is 40.8 Å². The van der Waals surface area contributed by atoms with Gasteiger partial charge in [-0.2, -0.15) is 0 Å². The zero-order valence-corrected chi connectivity index (χ0v) is 21.7. The Morgan fingerprint density at radius 1 is 1.23 bits per heavy atom. The summed E-state index contributed by atoms with van der Waals surface area (Å²) in [6, 6.07) is 10.5. The van der Waals surface area contributed by atoms with Crippen LogP contribution in [0.25, 0.3) is 21.3 Å². The Balaban J connectivity index is 1.35. The number of rotatable bonds is 5. The quantitative estimate of drug-likeness (QED) is 0.364. The van der Waals surface area contributed by atoms with E-state index in [1.807, 2.05) is 26.0 Å². The van der Waals surface area contributed by atoms with Gasteiger partial charge in [-0.3, -0.25) is 14.5 Å². The van der Waals surface area contributed by atoms with Crippen LogP contribution in [0.15, 0.2) is 30.3 Å². The highest BCUT2D eigenvalue weighted by Crippen LogP contribution is 2.63. The third-order valence-electron chi connectivity index (χ3n) is 7.89. The number of thiophene rings is 1. The lowest BCUT2D eigenvalue weighted by atomic mass is 10.0. The molecule has 2 aromatic heterocycles. The molecule has 0 radical (unpaired) electrons. The number of anilines is 1. The van der Waals surface area contributed by atoms with Gasteiger partial charge in [-0.05, 0) is 54.8 Å². The minimum Gasteiger partial charge on any atom is -0.379 e. The number of carbonyl (C=O) groups excluding carboxylic acids is 2. The first-order chi connectivity index (χ1) is 16.8. The van der Waals surface area contributed by atoms with Crippen LogP contribution in [0.5, 0.6) is 0 Å². The number of halogens is 1. The van der Waals surface area contributed by atoms with Gasteiger partial charge in [-0.15, -0.1) is 11.3 Å². The monoisotopic (exact) mass is 508 g/mol. The molecule has 1 saturated carbocycles. The summed E-state index contributed by atoms with van der Waals surface area (Å²) in [6.07, 6.45) is 2.25. The molecule has 35 heavy (non-hydrogen) atoms. The largest absolute Gasteiger partial charge is 0.379 e. The molecule has 2 amide bonds. The lowest BCUT2D eigenvalue weighted by Gasteiger charge is -2.27. The number of piperidine rings is 2. The van der Waals surface area contributed by atoms with E-state index in [4.69, 9.17) is 16.6 Å². The molecule has 2 N–H and O–H groups in total. The maximum atomic E-state index is 12.9. The Labute approximate surface area is 214 Å². The predicted octanol–water partition coefficient (Wildman–Crippen LogP) is 5.23. The number of hydrogen-bond acceptors (Lipinski definition) is 6. The van der Waals surface area contributed by atoms with Crippen LogP contribution in [0.4, 0.5) is 5.69 Å². The van der Waals surface area contributed by atoms with Crippen molar-refractivity contribution in [3.63, 3.8) is 0 Å². The first-order valence-electron chi connectivity index (χ1n) is 12.3. The number of imide groups is 1. The summed E-state index contributed by atoms with van der Waals surface area (Å²) in [5.41, 5.74) is 3.74. The second-order valence-electron chi connectivity index (χ2n) is 10.6. The highest BCUT2D eigenvalue weighted by molar-refractivity contribution is 7.19. The van der Waals surface area contributed by atoms with Gasteiger partial charge < -0.3 is 10.6 Å². The number of aryl methyl sites for hydroxylation is 1. The number of pyridine rings is 1. The molecule has 1 aromatic carbocycles. The van der Waals surface area contributed by atoms with Crippen molar-refractivity contribution in [2.45, 2.75) is 46.2 Å². The molecular formula is C27H29ClN4O2S. The van der Waals surface area contributed by atoms with Crippen LogP contribution in [0, 0.1) is 24.2 Å². The molecule has 2 aliphatic heterocycles. The normalized spacial score (nSPS) is 25.3. The van der Waals surface area contributed by atoms with Gasteiger partial charge >= 0.3 is 0 Å². The molecule has 3 unspecified atom stereocenters. The van der Waals surface area contributed by atoms with E-state index in [9.17, 15) is 9.59 Å². The Hall–Kier alpha value is -2.48. The van der Waals surface area contributed by atoms with Gasteiger partial charge in [0.25, 0.3) is 0 Å². The van der Waals surface area contributed by atoms with Crippen molar-refractivity contribution in [2.24, 2.45) is 17.3 Å². The molecule has 182 valence electrons. The lowest BCUT2D eigenvalue weighted by molar-refractivity contribution is -0.143. The van der Waals surface area contributed by atoms with Crippen LogP contribution >= 0.6 is 22.9 Å². The number of fused-ring (bicyclic) bond motifs is 2. The zero-order valence-electron chi connectivity index (χ0n) is 20.2. The molecule has 3 atom stereocenters. The fourth-order valence-electron chi connectivity index (χ4n) is 5.89. The van der Waals surface area contributed by atoms with Crippen LogP contribution < -0.4 is 10.6 Å². The van der Waals surface area contributed by atoms with Gasteiger partial charge in [0.2, 0.25) is 11.8 Å². The number of benzene rings is 1. The van der Waals surface area contributed by atoms with Crippen molar-refractivity contribution in [1.29, 1.82) is 0 Å². The topological polar surface area (TPSA) is 74.3 Å². The molecule has 4 heterocycles. The Morgan fingerprint density at radius 3 is 2.71 bits per heavy atom. The minimum atomic E-state index is -0.189. The predicted molar refractivity (Wildman–Crippen MR) is 141 cm³/mol. The number of aromatic nitrogens is 1. The van der Waals surface area contributed by atoms with Crippen molar-refractivity contribution >= 4 is 50.5 Å². The lowest BCUT2D eigenvalue weighted by Crippen LogP contribution is -2.38. The molecule has 8 heteroatoms. The third-order valence-corrected chi connectivity index (χ3v) is 9.25. The van der Waals surface area contributed by atoms with Crippen LogP contribution in [0.2, 0.25) is 5.15 Å². The fourth-order valence-corrected chi connectivity index (χ4v) is 7.29. The molecule has 0 bridgehead atoms. The number of amides is 2. The van der Waals surface area contributed by atoms with Gasteiger partial charge in [0.05, 0.1) is 29.8 Å². The van der Waals surface area contributed by atoms with Crippen LogP contribution in [0.1, 0.15) is 37.1 Å². The molecule has 6 rings (SSSR count). The van der Waals surface area contributed by atoms with Crippen LogP contribution in [-0.2, 0) is 16.1 Å². The summed E-state index contributed by atoms with van der Waals surface area (Å²) < 4.78 is 1.09. The average Bonchev–Trinajstić information content (AvgIpc) is 3.07. The summed E-state index contributed by atoms with van der Waals surface area (Å²) in [5.74, 6) is -0.354. The Morgan fingerprint density at radius 2 is 2.00 bits per heavy atom. The van der Waals surface area contributed by atoms with Crippen molar-refractivity contribution < 1.29 is 9.59 Å². The van der Waals surface area contributed by atoms with Gasteiger partial charge in [0, 0.05) is 27.7 Å². The SMILES string of the molecule is Cc1cc(Cl)nc(-c2cccc3cc(CN4C(=O)C5C(C4=O)C5(C)C)sc23)c1NC1CCCNC1. The summed E-state index contributed by atoms with van der Waals surface area (Å²) >= 11 is 8.05. The Kier molecular flexibility index (Phi) is 5.43. The zero-order chi connectivity index (χ0) is 24.5. The van der Waals surface area contributed by atoms with E-state index in [0.717, 1.165) is 63.4 Å². The van der Waals surface area contributed by atoms with E-state index in [-0.39, 0.29) is 29.1 Å². The van der Waals surface area contributed by atoms with E-state index in [1.54, 1.807) is 11.3 Å². The molecule has 0 spiro atoms. The minimum absolute atomic E-state index is 0.0256. The first kappa shape index (κ1) is 23.0. The molecule has 3 aromatic rings. The van der Waals surface area contributed by atoms with Crippen molar-refractivity contribution in [3.05, 3.63) is 45.9 Å². The van der Waals surface area contributed by atoms with Gasteiger partial charge in [-0.25, -0.2) is 4.98 Å². The van der Waals surface area contributed by atoms with E-state index >= 15 is 0 Å². The number of hydrogen-bond donors (Lipinski definition) is 2.